The van der Waals surface area contributed by atoms with Gasteiger partial charge in [0.05, 0.1) is 33.2 Å². The fourth-order valence-corrected chi connectivity index (χ4v) is 3.91. The third kappa shape index (κ3) is 5.43. The first-order chi connectivity index (χ1) is 14.7. The number of rotatable bonds is 8. The minimum atomic E-state index is 0.231. The van der Waals surface area contributed by atoms with Crippen LogP contribution in [0.1, 0.15) is 5.56 Å². The van der Waals surface area contributed by atoms with Crippen LogP contribution in [0.15, 0.2) is 48.5 Å². The molecular formula is C23H31N3O4+2. The van der Waals surface area contributed by atoms with Crippen LogP contribution in [0.2, 0.25) is 0 Å². The molecule has 2 N–H and O–H groups in total. The number of fused-ring (bicyclic) bond motifs is 1. The van der Waals surface area contributed by atoms with E-state index in [1.165, 1.54) is 15.4 Å². The number of carbonyl (C=O) groups is 1. The molecule has 0 saturated carbocycles. The SMILES string of the molecule is C[NH+](CCOc1ccccc1)CC(=O)N1CC[NH+](Cc2ccc3c(c2)OCO3)CC1. The molecule has 30 heavy (non-hydrogen) atoms. The van der Waals surface area contributed by atoms with E-state index in [-0.39, 0.29) is 5.91 Å². The van der Waals surface area contributed by atoms with Crippen molar-refractivity contribution in [2.75, 3.05) is 59.7 Å². The highest BCUT2D eigenvalue weighted by Crippen LogP contribution is 2.32. The Kier molecular flexibility index (Phi) is 6.71. The molecule has 160 valence electrons. The maximum Gasteiger partial charge on any atom is 0.278 e. The first-order valence-corrected chi connectivity index (χ1v) is 10.7. The molecule has 0 bridgehead atoms. The summed E-state index contributed by atoms with van der Waals surface area (Å²) in [6.07, 6.45) is 0. The van der Waals surface area contributed by atoms with Crippen molar-refractivity contribution in [3.8, 4) is 17.2 Å². The average Bonchev–Trinajstić information content (AvgIpc) is 3.23. The number of para-hydroxylation sites is 1. The van der Waals surface area contributed by atoms with Crippen molar-refractivity contribution in [3.05, 3.63) is 54.1 Å². The van der Waals surface area contributed by atoms with Crippen molar-refractivity contribution in [2.24, 2.45) is 0 Å². The zero-order chi connectivity index (χ0) is 20.8. The molecule has 0 spiro atoms. The van der Waals surface area contributed by atoms with Gasteiger partial charge in [0.1, 0.15) is 25.4 Å². The third-order valence-electron chi connectivity index (χ3n) is 5.71. The van der Waals surface area contributed by atoms with Crippen molar-refractivity contribution in [1.82, 2.24) is 4.90 Å². The Morgan fingerprint density at radius 2 is 1.87 bits per heavy atom. The van der Waals surface area contributed by atoms with Gasteiger partial charge in [-0.05, 0) is 30.3 Å². The largest absolute Gasteiger partial charge is 0.488 e. The van der Waals surface area contributed by atoms with Gasteiger partial charge in [0.25, 0.3) is 5.91 Å². The Hall–Kier alpha value is -2.77. The predicted octanol–water partition coefficient (Wildman–Crippen LogP) is -0.764. The number of amides is 1. The van der Waals surface area contributed by atoms with Gasteiger partial charge < -0.3 is 28.9 Å². The molecule has 1 fully saturated rings. The highest BCUT2D eigenvalue weighted by molar-refractivity contribution is 5.77. The molecule has 1 unspecified atom stereocenters. The smallest absolute Gasteiger partial charge is 0.278 e. The van der Waals surface area contributed by atoms with Crippen LogP contribution in [0.25, 0.3) is 0 Å². The number of likely N-dealkylation sites (N-methyl/N-ethyl adjacent to an activating group) is 1. The van der Waals surface area contributed by atoms with Crippen LogP contribution >= 0.6 is 0 Å². The number of nitrogens with one attached hydrogen (secondary N) is 2. The number of carbonyl (C=O) groups excluding carboxylic acids is 1. The van der Waals surface area contributed by atoms with Crippen LogP contribution < -0.4 is 24.0 Å². The topological polar surface area (TPSA) is 56.9 Å². The molecule has 1 amide bonds. The highest BCUT2D eigenvalue weighted by atomic mass is 16.7. The van der Waals surface area contributed by atoms with Crippen LogP contribution in [-0.2, 0) is 11.3 Å². The second-order valence-corrected chi connectivity index (χ2v) is 8.04. The lowest BCUT2D eigenvalue weighted by Crippen LogP contribution is -3.14. The second-order valence-electron chi connectivity index (χ2n) is 8.04. The van der Waals surface area contributed by atoms with E-state index >= 15 is 0 Å². The summed E-state index contributed by atoms with van der Waals surface area (Å²) in [5.74, 6) is 2.76. The van der Waals surface area contributed by atoms with Crippen LogP contribution in [0, 0.1) is 0 Å². The highest BCUT2D eigenvalue weighted by Gasteiger charge is 2.26. The van der Waals surface area contributed by atoms with Crippen LogP contribution in [0.3, 0.4) is 0 Å². The Morgan fingerprint density at radius 1 is 1.10 bits per heavy atom. The number of hydrogen-bond acceptors (Lipinski definition) is 4. The number of quaternary nitrogens is 2. The van der Waals surface area contributed by atoms with E-state index < -0.39 is 0 Å². The zero-order valence-corrected chi connectivity index (χ0v) is 17.6. The number of ether oxygens (including phenoxy) is 3. The molecular weight excluding hydrogens is 382 g/mol. The summed E-state index contributed by atoms with van der Waals surface area (Å²) in [5, 5.41) is 0. The quantitative estimate of drug-likeness (QED) is 0.597. The standard InChI is InChI=1S/C23H29N3O4/c1-24(13-14-28-20-5-3-2-4-6-20)17-23(27)26-11-9-25(10-12-26)16-19-7-8-21-22(15-19)30-18-29-21/h2-8,15H,9-14,16-18H2,1H3/p+2. The molecule has 2 aliphatic rings. The van der Waals surface area contributed by atoms with E-state index in [1.807, 2.05) is 48.3 Å². The van der Waals surface area contributed by atoms with Crippen LogP contribution in [0.5, 0.6) is 17.2 Å². The minimum absolute atomic E-state index is 0.231. The molecule has 2 aromatic carbocycles. The molecule has 0 aromatic heterocycles. The van der Waals surface area contributed by atoms with E-state index in [9.17, 15) is 4.79 Å². The number of nitrogens with zero attached hydrogens (tertiary/aromatic N) is 1. The monoisotopic (exact) mass is 413 g/mol. The first kappa shape index (κ1) is 20.5. The van der Waals surface area contributed by atoms with E-state index in [0.717, 1.165) is 56.5 Å². The summed E-state index contributed by atoms with van der Waals surface area (Å²) in [4.78, 5) is 17.3. The molecule has 0 aliphatic carbocycles. The first-order valence-electron chi connectivity index (χ1n) is 10.7. The lowest BCUT2D eigenvalue weighted by Gasteiger charge is -2.32. The summed E-state index contributed by atoms with van der Waals surface area (Å²) in [6, 6.07) is 16.0. The van der Waals surface area contributed by atoms with Crippen molar-refractivity contribution in [3.63, 3.8) is 0 Å². The van der Waals surface area contributed by atoms with E-state index in [0.29, 0.717) is 19.9 Å². The summed E-state index contributed by atoms with van der Waals surface area (Å²) in [5.41, 5.74) is 1.25. The molecule has 2 aliphatic heterocycles. The van der Waals surface area contributed by atoms with Gasteiger partial charge in [-0.2, -0.15) is 0 Å². The van der Waals surface area contributed by atoms with E-state index in [4.69, 9.17) is 14.2 Å². The van der Waals surface area contributed by atoms with Gasteiger partial charge >= 0.3 is 0 Å². The molecule has 2 heterocycles. The Balaban J connectivity index is 1.16. The molecule has 7 heteroatoms. The lowest BCUT2D eigenvalue weighted by molar-refractivity contribution is -0.917. The van der Waals surface area contributed by atoms with Crippen molar-refractivity contribution < 1.29 is 28.8 Å². The van der Waals surface area contributed by atoms with Gasteiger partial charge in [-0.15, -0.1) is 0 Å². The summed E-state index contributed by atoms with van der Waals surface area (Å²) in [7, 11) is 2.05. The summed E-state index contributed by atoms with van der Waals surface area (Å²) < 4.78 is 16.6. The maximum absolute atomic E-state index is 12.7. The fraction of sp³-hybridized carbons (Fsp3) is 0.435. The van der Waals surface area contributed by atoms with Gasteiger partial charge in [0, 0.05) is 5.56 Å². The number of piperazine rings is 1. The predicted molar refractivity (Wildman–Crippen MR) is 112 cm³/mol. The van der Waals surface area contributed by atoms with E-state index in [2.05, 4.69) is 12.1 Å². The van der Waals surface area contributed by atoms with Gasteiger partial charge in [0.2, 0.25) is 6.79 Å². The van der Waals surface area contributed by atoms with Gasteiger partial charge in [-0.25, -0.2) is 0 Å². The van der Waals surface area contributed by atoms with Gasteiger partial charge in [0.15, 0.2) is 18.0 Å². The third-order valence-corrected chi connectivity index (χ3v) is 5.71. The Labute approximate surface area is 177 Å². The molecule has 7 nitrogen and oxygen atoms in total. The molecule has 4 rings (SSSR count). The Bertz CT molecular complexity index is 838. The number of benzene rings is 2. The molecule has 1 saturated heterocycles. The van der Waals surface area contributed by atoms with E-state index in [1.54, 1.807) is 0 Å². The summed E-state index contributed by atoms with van der Waals surface area (Å²) in [6.45, 7) is 6.73. The van der Waals surface area contributed by atoms with Gasteiger partial charge in [-0.3, -0.25) is 4.79 Å². The van der Waals surface area contributed by atoms with Crippen LogP contribution in [0.4, 0.5) is 0 Å². The van der Waals surface area contributed by atoms with Crippen molar-refractivity contribution in [2.45, 2.75) is 6.54 Å². The zero-order valence-electron chi connectivity index (χ0n) is 17.6. The van der Waals surface area contributed by atoms with Crippen LogP contribution in [-0.4, -0.2) is 70.5 Å². The molecule has 0 radical (unpaired) electrons. The fourth-order valence-electron chi connectivity index (χ4n) is 3.91. The number of hydrogen-bond donors (Lipinski definition) is 2. The lowest BCUT2D eigenvalue weighted by atomic mass is 10.1. The average molecular weight is 414 g/mol. The van der Waals surface area contributed by atoms with Gasteiger partial charge in [-0.1, -0.05) is 18.2 Å². The normalized spacial score (nSPS) is 17.0. The maximum atomic E-state index is 12.7. The Morgan fingerprint density at radius 3 is 2.67 bits per heavy atom. The molecule has 2 aromatic rings. The second kappa shape index (κ2) is 9.82. The summed E-state index contributed by atoms with van der Waals surface area (Å²) >= 11 is 0. The molecule has 1 atom stereocenters. The van der Waals surface area contributed by atoms with Crippen molar-refractivity contribution >= 4 is 5.91 Å². The minimum Gasteiger partial charge on any atom is -0.488 e. The van der Waals surface area contributed by atoms with Crippen molar-refractivity contribution in [1.29, 1.82) is 0 Å².